The van der Waals surface area contributed by atoms with Crippen molar-refractivity contribution in [1.29, 1.82) is 0 Å². The molecular weight excluding hydrogens is 322 g/mol. The summed E-state index contributed by atoms with van der Waals surface area (Å²) >= 11 is 1.90. The third-order valence-electron chi connectivity index (χ3n) is 1.73. The van der Waals surface area contributed by atoms with Gasteiger partial charge in [0.2, 0.25) is 0 Å². The van der Waals surface area contributed by atoms with E-state index in [1.165, 1.54) is 0 Å². The van der Waals surface area contributed by atoms with E-state index >= 15 is 0 Å². The Hall–Kier alpha value is 0.430. The zero-order valence-corrected chi connectivity index (χ0v) is 9.52. The highest BCUT2D eigenvalue weighted by atomic mass is 127. The first-order valence-corrected chi connectivity index (χ1v) is 6.08. The fourth-order valence-electron chi connectivity index (χ4n) is 0.921. The zero-order chi connectivity index (χ0) is 10.4. The summed E-state index contributed by atoms with van der Waals surface area (Å²) < 4.78 is 57.6. The van der Waals surface area contributed by atoms with E-state index in [1.807, 2.05) is 22.6 Å². The van der Waals surface area contributed by atoms with Crippen LogP contribution in [0.3, 0.4) is 0 Å². The molecule has 78 valence electrons. The van der Waals surface area contributed by atoms with Crippen LogP contribution < -0.4 is 0 Å². The van der Waals surface area contributed by atoms with Crippen LogP contribution in [0.2, 0.25) is 0 Å². The quantitative estimate of drug-likeness (QED) is 0.436. The van der Waals surface area contributed by atoms with Gasteiger partial charge in [-0.25, -0.2) is 8.42 Å². The Balaban J connectivity index is 2.77. The van der Waals surface area contributed by atoms with Gasteiger partial charge in [-0.05, 0) is 0 Å². The normalized spacial score (nSPS) is 31.5. The third kappa shape index (κ3) is 2.09. The van der Waals surface area contributed by atoms with Crippen LogP contribution in [0.1, 0.15) is 6.92 Å². The first-order chi connectivity index (χ1) is 5.68. The van der Waals surface area contributed by atoms with Gasteiger partial charge in [0.15, 0.2) is 0 Å². The minimum atomic E-state index is -5.16. The molecule has 1 fully saturated rings. The summed E-state index contributed by atoms with van der Waals surface area (Å²) in [5.41, 5.74) is -5.16. The molecule has 3 nitrogen and oxygen atoms in total. The number of halogens is 4. The summed E-state index contributed by atoms with van der Waals surface area (Å²) in [6.45, 7) is 1.66. The third-order valence-corrected chi connectivity index (χ3v) is 4.19. The number of nitrogens with zero attached hydrogens (tertiary/aromatic N) is 1. The predicted octanol–water partition coefficient (Wildman–Crippen LogP) is 1.34. The Kier molecular flexibility index (Phi) is 2.86. The monoisotopic (exact) mass is 329 g/mol. The summed E-state index contributed by atoms with van der Waals surface area (Å²) in [7, 11) is -5.07. The van der Waals surface area contributed by atoms with E-state index < -0.39 is 21.6 Å². The molecule has 0 aromatic heterocycles. The van der Waals surface area contributed by atoms with Crippen LogP contribution in [0.15, 0.2) is 0 Å². The van der Waals surface area contributed by atoms with Crippen LogP contribution >= 0.6 is 22.6 Å². The summed E-state index contributed by atoms with van der Waals surface area (Å²) in [6, 6.07) is -0.493. The number of sulfonamides is 1. The van der Waals surface area contributed by atoms with Crippen molar-refractivity contribution < 1.29 is 21.6 Å². The van der Waals surface area contributed by atoms with Crippen LogP contribution in [0.4, 0.5) is 13.2 Å². The molecule has 0 bridgehead atoms. The topological polar surface area (TPSA) is 37.1 Å². The Bertz CT molecular complexity index is 299. The van der Waals surface area contributed by atoms with Crippen molar-refractivity contribution in [2.45, 2.75) is 22.4 Å². The van der Waals surface area contributed by atoms with Crippen molar-refractivity contribution in [2.75, 3.05) is 6.54 Å². The molecule has 0 aromatic rings. The molecule has 1 aliphatic rings. The van der Waals surface area contributed by atoms with Gasteiger partial charge in [0.1, 0.15) is 0 Å². The average Bonchev–Trinajstić information content (AvgIpc) is 2.60. The van der Waals surface area contributed by atoms with Crippen molar-refractivity contribution >= 4 is 32.6 Å². The van der Waals surface area contributed by atoms with Crippen molar-refractivity contribution in [3.05, 3.63) is 0 Å². The second-order valence-corrected chi connectivity index (χ2v) is 6.61. The van der Waals surface area contributed by atoms with E-state index in [9.17, 15) is 21.6 Å². The molecular formula is C5H7F3INO2S. The van der Waals surface area contributed by atoms with E-state index in [0.29, 0.717) is 4.31 Å². The Morgan fingerprint density at radius 2 is 2.00 bits per heavy atom. The lowest BCUT2D eigenvalue weighted by molar-refractivity contribution is -0.0467. The van der Waals surface area contributed by atoms with Crippen LogP contribution in [0.25, 0.3) is 0 Å². The standard InChI is InChI=1S/C5H7F3INO2S/c1-3(9)4-2-10(4)13(11,12)5(6,7)8/h3-4H,2H2,1H3/t3-,4+,10?/m0/s1. The molecule has 8 heteroatoms. The lowest BCUT2D eigenvalue weighted by Crippen LogP contribution is -2.31. The van der Waals surface area contributed by atoms with Crippen molar-refractivity contribution in [1.82, 2.24) is 4.31 Å². The van der Waals surface area contributed by atoms with Crippen molar-refractivity contribution in [2.24, 2.45) is 0 Å². The van der Waals surface area contributed by atoms with Crippen LogP contribution in [0, 0.1) is 0 Å². The largest absolute Gasteiger partial charge is 0.511 e. The highest BCUT2D eigenvalue weighted by Crippen LogP contribution is 2.37. The lowest BCUT2D eigenvalue weighted by Gasteiger charge is -2.09. The van der Waals surface area contributed by atoms with Gasteiger partial charge in [-0.1, -0.05) is 29.5 Å². The lowest BCUT2D eigenvalue weighted by atomic mass is 10.4. The van der Waals surface area contributed by atoms with Crippen molar-refractivity contribution in [3.8, 4) is 0 Å². The molecule has 1 unspecified atom stereocenters. The molecule has 0 amide bonds. The molecule has 0 saturated carbocycles. The summed E-state index contributed by atoms with van der Waals surface area (Å²) in [4.78, 5) is 0. The van der Waals surface area contributed by atoms with Gasteiger partial charge in [-0.2, -0.15) is 17.5 Å². The van der Waals surface area contributed by atoms with E-state index in [4.69, 9.17) is 0 Å². The Morgan fingerprint density at radius 1 is 1.54 bits per heavy atom. The van der Waals surface area contributed by atoms with Crippen LogP contribution in [-0.2, 0) is 10.0 Å². The molecule has 1 saturated heterocycles. The molecule has 1 aliphatic heterocycles. The highest BCUT2D eigenvalue weighted by molar-refractivity contribution is 14.1. The van der Waals surface area contributed by atoms with Crippen LogP contribution in [-0.4, -0.2) is 34.7 Å². The Labute approximate surface area is 87.5 Å². The maximum atomic E-state index is 11.9. The first kappa shape index (κ1) is 11.5. The van der Waals surface area contributed by atoms with E-state index in [0.717, 1.165) is 0 Å². The molecule has 0 N–H and O–H groups in total. The van der Waals surface area contributed by atoms with Gasteiger partial charge in [0.05, 0.1) is 6.04 Å². The predicted molar refractivity (Wildman–Crippen MR) is 49.0 cm³/mol. The fraction of sp³-hybridized carbons (Fsp3) is 1.00. The molecule has 0 radical (unpaired) electrons. The fourth-order valence-corrected chi connectivity index (χ4v) is 2.91. The minimum Gasteiger partial charge on any atom is -0.203 e. The van der Waals surface area contributed by atoms with Crippen molar-refractivity contribution in [3.63, 3.8) is 0 Å². The summed E-state index contributed by atoms with van der Waals surface area (Å²) in [6.07, 6.45) is 0. The molecule has 1 heterocycles. The maximum Gasteiger partial charge on any atom is 0.511 e. The number of hydrogen-bond donors (Lipinski definition) is 0. The summed E-state index contributed by atoms with van der Waals surface area (Å²) in [5.74, 6) is 0. The number of alkyl halides is 4. The Morgan fingerprint density at radius 3 is 2.23 bits per heavy atom. The van der Waals surface area contributed by atoms with E-state index in [-0.39, 0.29) is 10.5 Å². The first-order valence-electron chi connectivity index (χ1n) is 3.40. The van der Waals surface area contributed by atoms with Gasteiger partial charge in [-0.3, -0.25) is 0 Å². The average molecular weight is 329 g/mol. The smallest absolute Gasteiger partial charge is 0.203 e. The molecule has 1 rings (SSSR count). The molecule has 3 atom stereocenters. The maximum absolute atomic E-state index is 11.9. The second-order valence-electron chi connectivity index (χ2n) is 2.77. The molecule has 0 spiro atoms. The molecule has 0 aromatic carbocycles. The van der Waals surface area contributed by atoms with Gasteiger partial charge < -0.3 is 0 Å². The number of hydrogen-bond acceptors (Lipinski definition) is 2. The van der Waals surface area contributed by atoms with Gasteiger partial charge in [0.25, 0.3) is 0 Å². The van der Waals surface area contributed by atoms with Gasteiger partial charge in [0, 0.05) is 10.5 Å². The molecule has 0 aliphatic carbocycles. The second kappa shape index (κ2) is 3.23. The SMILES string of the molecule is C[C@H](I)[C@H]1CN1S(=O)(=O)C(F)(F)F. The molecule has 13 heavy (non-hydrogen) atoms. The van der Waals surface area contributed by atoms with E-state index in [2.05, 4.69) is 0 Å². The minimum absolute atomic E-state index is 0.0219. The number of rotatable bonds is 2. The highest BCUT2D eigenvalue weighted by Gasteiger charge is 2.58. The van der Waals surface area contributed by atoms with E-state index in [1.54, 1.807) is 6.92 Å². The van der Waals surface area contributed by atoms with Gasteiger partial charge >= 0.3 is 15.5 Å². The van der Waals surface area contributed by atoms with Crippen LogP contribution in [0.5, 0.6) is 0 Å². The summed E-state index contributed by atoms with van der Waals surface area (Å²) in [5, 5.41) is 0. The van der Waals surface area contributed by atoms with Gasteiger partial charge in [-0.15, -0.1) is 0 Å². The zero-order valence-electron chi connectivity index (χ0n) is 6.55.